The third kappa shape index (κ3) is 8.61. The number of ether oxygens (including phenoxy) is 1. The van der Waals surface area contributed by atoms with Gasteiger partial charge in [0.25, 0.3) is 6.43 Å². The minimum Gasteiger partial charge on any atom is -0.501 e. The van der Waals surface area contributed by atoms with Crippen LogP contribution in [0.15, 0.2) is 84.7 Å². The minimum atomic E-state index is -2.61. The van der Waals surface area contributed by atoms with Gasteiger partial charge >= 0.3 is 0 Å². The maximum absolute atomic E-state index is 13.6. The van der Waals surface area contributed by atoms with Gasteiger partial charge in [-0.15, -0.1) is 0 Å². The van der Waals surface area contributed by atoms with E-state index >= 15 is 0 Å². The van der Waals surface area contributed by atoms with Crippen molar-refractivity contribution in [2.75, 3.05) is 39.8 Å². The third-order valence-corrected chi connectivity index (χ3v) is 7.66. The number of nitrogens with one attached hydrogen (secondary N) is 2. The Morgan fingerprint density at radius 1 is 0.929 bits per heavy atom. The van der Waals surface area contributed by atoms with Gasteiger partial charge in [-0.25, -0.2) is 8.78 Å². The van der Waals surface area contributed by atoms with E-state index in [1.54, 1.807) is 19.3 Å². The van der Waals surface area contributed by atoms with Gasteiger partial charge in [0.1, 0.15) is 5.41 Å². The highest BCUT2D eigenvalue weighted by Crippen LogP contribution is 2.51. The van der Waals surface area contributed by atoms with Crippen molar-refractivity contribution in [3.8, 4) is 11.1 Å². The molecule has 42 heavy (non-hydrogen) atoms. The number of carbonyl (C=O) groups excluding carboxylic acids is 2. The van der Waals surface area contributed by atoms with Crippen molar-refractivity contribution in [3.05, 3.63) is 95.8 Å². The lowest BCUT2D eigenvalue weighted by Gasteiger charge is -2.31. The summed E-state index contributed by atoms with van der Waals surface area (Å²) in [6, 6.07) is 15.6. The summed E-state index contributed by atoms with van der Waals surface area (Å²) in [7, 11) is 1.61. The molecule has 0 bridgehead atoms. The van der Waals surface area contributed by atoms with Crippen molar-refractivity contribution in [1.82, 2.24) is 15.5 Å². The molecule has 0 unspecified atom stereocenters. The number of amides is 2. The molecule has 0 radical (unpaired) electrons. The third-order valence-electron chi connectivity index (χ3n) is 7.66. The van der Waals surface area contributed by atoms with Crippen LogP contribution in [0.5, 0.6) is 0 Å². The largest absolute Gasteiger partial charge is 0.501 e. The number of unbranched alkanes of at least 4 members (excludes halogenated alkanes) is 1. The van der Waals surface area contributed by atoms with E-state index in [1.165, 1.54) is 6.08 Å². The van der Waals surface area contributed by atoms with E-state index < -0.39 is 18.4 Å². The molecular formula is C34H43F2N3O3. The molecule has 2 aromatic carbocycles. The van der Waals surface area contributed by atoms with Crippen molar-refractivity contribution in [1.29, 1.82) is 0 Å². The summed E-state index contributed by atoms with van der Waals surface area (Å²) < 4.78 is 31.2. The van der Waals surface area contributed by atoms with Crippen molar-refractivity contribution < 1.29 is 23.1 Å². The predicted molar refractivity (Wildman–Crippen MR) is 164 cm³/mol. The first kappa shape index (κ1) is 32.7. The first-order chi connectivity index (χ1) is 20.3. The molecular weight excluding hydrogens is 536 g/mol. The number of hydrogen-bond donors (Lipinski definition) is 2. The van der Waals surface area contributed by atoms with Gasteiger partial charge in [-0.3, -0.25) is 9.59 Å². The topological polar surface area (TPSA) is 70.7 Å². The minimum absolute atomic E-state index is 0.136. The van der Waals surface area contributed by atoms with E-state index in [0.29, 0.717) is 13.0 Å². The Hall–Kier alpha value is -3.78. The molecule has 8 heteroatoms. The summed E-state index contributed by atoms with van der Waals surface area (Å²) in [5.74, 6) is 0.283. The van der Waals surface area contributed by atoms with Gasteiger partial charge in [0.2, 0.25) is 11.8 Å². The molecule has 1 aliphatic carbocycles. The van der Waals surface area contributed by atoms with Gasteiger partial charge in [-0.05, 0) is 74.2 Å². The monoisotopic (exact) mass is 579 g/mol. The second kappa shape index (κ2) is 16.6. The zero-order chi connectivity index (χ0) is 30.4. The molecule has 0 saturated heterocycles. The Kier molecular flexibility index (Phi) is 12.9. The van der Waals surface area contributed by atoms with E-state index in [4.69, 9.17) is 4.74 Å². The Morgan fingerprint density at radius 3 is 2.19 bits per heavy atom. The smallest absolute Gasteiger partial charge is 0.255 e. The van der Waals surface area contributed by atoms with Crippen LogP contribution in [0, 0.1) is 0 Å². The number of allylic oxidation sites excluding steroid dienone is 5. The fourth-order valence-corrected chi connectivity index (χ4v) is 5.47. The quantitative estimate of drug-likeness (QED) is 0.104. The lowest BCUT2D eigenvalue weighted by Crippen LogP contribution is -2.45. The second-order valence-corrected chi connectivity index (χ2v) is 10.4. The molecule has 2 amide bonds. The highest BCUT2D eigenvalue weighted by Gasteiger charge is 2.48. The fourth-order valence-electron chi connectivity index (χ4n) is 5.47. The molecule has 226 valence electrons. The van der Waals surface area contributed by atoms with Crippen LogP contribution in [0.2, 0.25) is 0 Å². The van der Waals surface area contributed by atoms with Crippen molar-refractivity contribution in [3.63, 3.8) is 0 Å². The van der Waals surface area contributed by atoms with Crippen molar-refractivity contribution >= 4 is 11.8 Å². The fraction of sp³-hybridized carbons (Fsp3) is 0.412. The van der Waals surface area contributed by atoms with Gasteiger partial charge in [0, 0.05) is 12.6 Å². The zero-order valence-corrected chi connectivity index (χ0v) is 24.9. The van der Waals surface area contributed by atoms with Crippen LogP contribution in [0.3, 0.4) is 0 Å². The van der Waals surface area contributed by atoms with Gasteiger partial charge in [0.05, 0.1) is 19.4 Å². The van der Waals surface area contributed by atoms with Gasteiger partial charge in [-0.2, -0.15) is 0 Å². The van der Waals surface area contributed by atoms with Crippen LogP contribution in [0.25, 0.3) is 11.1 Å². The van der Waals surface area contributed by atoms with Crippen LogP contribution in [0.1, 0.15) is 50.7 Å². The number of fused-ring (bicyclic) bond motifs is 3. The molecule has 2 N–H and O–H groups in total. The Bertz CT molecular complexity index is 1230. The van der Waals surface area contributed by atoms with Gasteiger partial charge in [0.15, 0.2) is 0 Å². The first-order valence-corrected chi connectivity index (χ1v) is 14.6. The maximum atomic E-state index is 13.6. The van der Waals surface area contributed by atoms with Crippen LogP contribution in [-0.2, 0) is 19.7 Å². The summed E-state index contributed by atoms with van der Waals surface area (Å²) in [5.41, 5.74) is 2.74. The van der Waals surface area contributed by atoms with E-state index in [1.807, 2.05) is 67.6 Å². The summed E-state index contributed by atoms with van der Waals surface area (Å²) in [5, 5.41) is 5.44. The highest BCUT2D eigenvalue weighted by molar-refractivity contribution is 6.00. The van der Waals surface area contributed by atoms with E-state index in [0.717, 1.165) is 66.9 Å². The molecule has 0 atom stereocenters. The standard InChI is InChI=1S/C34H43F2N3O3/c1-4-39(24-14-22-37-32(40)20-7-5-6-15-26(2)42-3)23-13-12-21-34(33(41)38-25-31(35)36)29-18-10-8-16-27(29)28-17-9-11-19-30(28)34/h5-11,15-20,31H,4,12-14,21-25H2,1-3H3,(H,37,40)(H,38,41)/b6-5-,20-7+,26-15+. The molecule has 3 rings (SSSR count). The maximum Gasteiger partial charge on any atom is 0.255 e. The molecule has 0 spiro atoms. The molecule has 0 aromatic heterocycles. The van der Waals surface area contributed by atoms with Crippen LogP contribution < -0.4 is 10.6 Å². The predicted octanol–water partition coefficient (Wildman–Crippen LogP) is 6.00. The van der Waals surface area contributed by atoms with E-state index in [9.17, 15) is 18.4 Å². The number of methoxy groups -OCH3 is 1. The molecule has 0 fully saturated rings. The summed E-state index contributed by atoms with van der Waals surface area (Å²) >= 11 is 0. The lowest BCUT2D eigenvalue weighted by molar-refractivity contribution is -0.126. The van der Waals surface area contributed by atoms with Gasteiger partial charge in [-0.1, -0.05) is 80.1 Å². The Labute approximate surface area is 248 Å². The Balaban J connectivity index is 1.54. The highest BCUT2D eigenvalue weighted by atomic mass is 19.3. The first-order valence-electron chi connectivity index (χ1n) is 14.6. The summed E-state index contributed by atoms with van der Waals surface area (Å²) in [4.78, 5) is 28.0. The normalized spacial score (nSPS) is 14.0. The van der Waals surface area contributed by atoms with Crippen LogP contribution >= 0.6 is 0 Å². The number of halogens is 2. The average molecular weight is 580 g/mol. The zero-order valence-electron chi connectivity index (χ0n) is 24.9. The molecule has 0 heterocycles. The molecule has 0 saturated carbocycles. The second-order valence-electron chi connectivity index (χ2n) is 10.4. The Morgan fingerprint density at radius 2 is 1.57 bits per heavy atom. The van der Waals surface area contributed by atoms with Crippen LogP contribution in [-0.4, -0.2) is 63.0 Å². The molecule has 2 aromatic rings. The number of hydrogen-bond acceptors (Lipinski definition) is 4. The summed E-state index contributed by atoms with van der Waals surface area (Å²) in [6.07, 6.45) is 8.95. The number of rotatable bonds is 17. The lowest BCUT2D eigenvalue weighted by atomic mass is 9.73. The van der Waals surface area contributed by atoms with Crippen molar-refractivity contribution in [2.24, 2.45) is 0 Å². The SMILES string of the molecule is CCN(CCCCC1(C(=O)NCC(F)F)c2ccccc2-c2ccccc21)CCCNC(=O)/C=C/C=C\C=C(/C)OC. The molecule has 6 nitrogen and oxygen atoms in total. The van der Waals surface area contributed by atoms with E-state index in [2.05, 4.69) is 22.5 Å². The summed E-state index contributed by atoms with van der Waals surface area (Å²) in [6.45, 7) is 6.43. The number of alkyl halides is 2. The van der Waals surface area contributed by atoms with Gasteiger partial charge < -0.3 is 20.3 Å². The number of carbonyl (C=O) groups is 2. The van der Waals surface area contributed by atoms with Crippen LogP contribution in [0.4, 0.5) is 8.78 Å². The molecule has 0 aliphatic heterocycles. The van der Waals surface area contributed by atoms with E-state index in [-0.39, 0.29) is 11.8 Å². The average Bonchev–Trinajstić information content (AvgIpc) is 3.29. The van der Waals surface area contributed by atoms with Crippen molar-refractivity contribution in [2.45, 2.75) is 51.4 Å². The number of benzene rings is 2. The molecule has 1 aliphatic rings. The number of nitrogens with zero attached hydrogens (tertiary/aromatic N) is 1.